The monoisotopic (exact) mass is 441 g/mol. The van der Waals surface area contributed by atoms with Crippen molar-refractivity contribution in [1.29, 1.82) is 0 Å². The summed E-state index contributed by atoms with van der Waals surface area (Å²) < 4.78 is 77.4. The van der Waals surface area contributed by atoms with Crippen LogP contribution in [0.4, 0.5) is 18.9 Å². The first-order valence-electron chi connectivity index (χ1n) is 8.21. The predicted molar refractivity (Wildman–Crippen MR) is 99.9 cm³/mol. The number of rotatable bonds is 6. The van der Waals surface area contributed by atoms with E-state index in [4.69, 9.17) is 14.3 Å². The first-order valence-corrected chi connectivity index (χ1v) is 9.69. The van der Waals surface area contributed by atoms with Crippen molar-refractivity contribution in [2.24, 2.45) is 0 Å². The van der Waals surface area contributed by atoms with Gasteiger partial charge in [0, 0.05) is 11.1 Å². The van der Waals surface area contributed by atoms with E-state index in [1.165, 1.54) is 25.7 Å². The van der Waals surface area contributed by atoms with Crippen LogP contribution < -0.4 is 9.46 Å². The lowest BCUT2D eigenvalue weighted by molar-refractivity contribution is -0.137. The fraction of sp³-hybridized carbons (Fsp3) is 0.105. The van der Waals surface area contributed by atoms with Gasteiger partial charge in [0.2, 0.25) is 0 Å². The normalized spacial score (nSPS) is 11.9. The van der Waals surface area contributed by atoms with Crippen molar-refractivity contribution in [3.8, 4) is 16.9 Å². The summed E-state index contributed by atoms with van der Waals surface area (Å²) in [5.41, 5.74) is -1.30. The summed E-state index contributed by atoms with van der Waals surface area (Å²) in [4.78, 5) is 10.7. The van der Waals surface area contributed by atoms with Crippen LogP contribution in [0.5, 0.6) is 5.75 Å². The van der Waals surface area contributed by atoms with E-state index in [0.717, 1.165) is 30.3 Å². The van der Waals surface area contributed by atoms with Crippen molar-refractivity contribution in [1.82, 2.24) is 0 Å². The van der Waals surface area contributed by atoms with Crippen LogP contribution in [0.2, 0.25) is 0 Å². The van der Waals surface area contributed by atoms with E-state index >= 15 is 0 Å². The summed E-state index contributed by atoms with van der Waals surface area (Å²) in [5.74, 6) is -1.56. The van der Waals surface area contributed by atoms with E-state index in [1.807, 2.05) is 0 Å². The van der Waals surface area contributed by atoms with Gasteiger partial charge in [0.25, 0.3) is 10.0 Å². The fourth-order valence-electron chi connectivity index (χ4n) is 2.69. The van der Waals surface area contributed by atoms with Crippen LogP contribution in [0.3, 0.4) is 0 Å². The van der Waals surface area contributed by atoms with Crippen molar-refractivity contribution >= 4 is 21.7 Å². The molecule has 0 saturated heterocycles. The molecule has 3 rings (SSSR count). The Kier molecular flexibility index (Phi) is 5.49. The maximum Gasteiger partial charge on any atom is 0.416 e. The number of methoxy groups -OCH3 is 1. The van der Waals surface area contributed by atoms with Gasteiger partial charge in [-0.2, -0.15) is 13.2 Å². The van der Waals surface area contributed by atoms with Crippen LogP contribution in [0, 0.1) is 0 Å². The molecule has 0 aliphatic rings. The number of alkyl halides is 3. The molecule has 0 fully saturated rings. The van der Waals surface area contributed by atoms with Crippen LogP contribution in [-0.2, 0) is 16.2 Å². The van der Waals surface area contributed by atoms with Crippen LogP contribution >= 0.6 is 0 Å². The van der Waals surface area contributed by atoms with Gasteiger partial charge in [0.1, 0.15) is 10.6 Å². The highest BCUT2D eigenvalue weighted by Gasteiger charge is 2.32. The third kappa shape index (κ3) is 4.25. The molecule has 11 heteroatoms. The maximum absolute atomic E-state index is 13.2. The highest BCUT2D eigenvalue weighted by molar-refractivity contribution is 7.92. The molecule has 0 radical (unpaired) electrons. The topological polar surface area (TPSA) is 106 Å². The third-order valence-electron chi connectivity index (χ3n) is 4.12. The molecule has 0 aliphatic heterocycles. The second-order valence-electron chi connectivity index (χ2n) is 6.05. The Morgan fingerprint density at radius 3 is 2.43 bits per heavy atom. The van der Waals surface area contributed by atoms with Crippen LogP contribution in [0.25, 0.3) is 11.1 Å². The summed E-state index contributed by atoms with van der Waals surface area (Å²) in [6, 6.07) is 7.15. The Bertz CT molecular complexity index is 1190. The zero-order valence-electron chi connectivity index (χ0n) is 15.2. The predicted octanol–water partition coefficient (Wildman–Crippen LogP) is 4.47. The molecule has 2 N–H and O–H groups in total. The van der Waals surface area contributed by atoms with E-state index in [9.17, 15) is 26.4 Å². The number of anilines is 1. The fourth-order valence-corrected chi connectivity index (χ4v) is 3.96. The summed E-state index contributed by atoms with van der Waals surface area (Å²) in [5, 5.41) is 9.13. The number of carboxylic acids is 1. The molecule has 0 saturated carbocycles. The van der Waals surface area contributed by atoms with Crippen LogP contribution in [0.1, 0.15) is 15.9 Å². The molecule has 0 amide bonds. The quantitative estimate of drug-likeness (QED) is 0.585. The number of sulfonamides is 1. The van der Waals surface area contributed by atoms with Crippen molar-refractivity contribution in [2.75, 3.05) is 11.8 Å². The number of hydrogen-bond donors (Lipinski definition) is 2. The van der Waals surface area contributed by atoms with Gasteiger partial charge in [-0.15, -0.1) is 0 Å². The smallest absolute Gasteiger partial charge is 0.416 e. The molecule has 30 heavy (non-hydrogen) atoms. The van der Waals surface area contributed by atoms with Gasteiger partial charge in [0.05, 0.1) is 36.5 Å². The van der Waals surface area contributed by atoms with E-state index in [2.05, 4.69) is 4.72 Å². The average molecular weight is 441 g/mol. The summed E-state index contributed by atoms with van der Waals surface area (Å²) >= 11 is 0. The number of aromatic carboxylic acids is 1. The number of carboxylic acid groups (broad SMARTS) is 1. The van der Waals surface area contributed by atoms with Gasteiger partial charge in [-0.25, -0.2) is 13.2 Å². The largest absolute Gasteiger partial charge is 0.495 e. The second-order valence-corrected chi connectivity index (χ2v) is 7.70. The van der Waals surface area contributed by atoms with Gasteiger partial charge in [-0.05, 0) is 36.4 Å². The Morgan fingerprint density at radius 2 is 1.87 bits per heavy atom. The highest BCUT2D eigenvalue weighted by atomic mass is 32.2. The molecule has 0 spiro atoms. The first kappa shape index (κ1) is 21.2. The molecule has 7 nitrogen and oxygen atoms in total. The SMILES string of the molecule is COc1ccc(C(=O)O)cc1S(=O)(=O)Nc1cc(C(F)(F)F)ccc1-c1ccoc1. The van der Waals surface area contributed by atoms with Crippen molar-refractivity contribution in [3.63, 3.8) is 0 Å². The van der Waals surface area contributed by atoms with Gasteiger partial charge in [0.15, 0.2) is 0 Å². The van der Waals surface area contributed by atoms with E-state index in [1.54, 1.807) is 0 Å². The second kappa shape index (κ2) is 7.75. The third-order valence-corrected chi connectivity index (χ3v) is 5.51. The van der Waals surface area contributed by atoms with Gasteiger partial charge >= 0.3 is 12.1 Å². The van der Waals surface area contributed by atoms with E-state index in [-0.39, 0.29) is 22.6 Å². The molecule has 0 unspecified atom stereocenters. The average Bonchev–Trinajstić information content (AvgIpc) is 3.20. The Morgan fingerprint density at radius 1 is 1.13 bits per heavy atom. The van der Waals surface area contributed by atoms with E-state index < -0.39 is 32.6 Å². The Balaban J connectivity index is 2.15. The number of nitrogens with one attached hydrogen (secondary N) is 1. The van der Waals surface area contributed by atoms with Crippen molar-refractivity contribution in [3.05, 3.63) is 66.1 Å². The number of hydrogen-bond acceptors (Lipinski definition) is 5. The van der Waals surface area contributed by atoms with Gasteiger partial charge < -0.3 is 14.3 Å². The van der Waals surface area contributed by atoms with Crippen LogP contribution in [-0.4, -0.2) is 26.6 Å². The summed E-state index contributed by atoms with van der Waals surface area (Å²) in [7, 11) is -3.35. The molecule has 0 aliphatic carbocycles. The molecule has 1 heterocycles. The molecular formula is C19H14F3NO6S. The number of carbonyl (C=O) groups is 1. The standard InChI is InChI=1S/C19H14F3NO6S/c1-28-16-5-2-11(18(24)25)8-17(16)30(26,27)23-15-9-13(19(20,21)22)3-4-14(15)12-6-7-29-10-12/h2-10,23H,1H3,(H,24,25). The van der Waals surface area contributed by atoms with Crippen LogP contribution in [0.15, 0.2) is 64.3 Å². The molecular weight excluding hydrogens is 427 g/mol. The number of halogens is 3. The molecule has 3 aromatic rings. The molecule has 0 bridgehead atoms. The van der Waals surface area contributed by atoms with Crippen molar-refractivity contribution in [2.45, 2.75) is 11.1 Å². The number of furan rings is 1. The summed E-state index contributed by atoms with van der Waals surface area (Å²) in [6.07, 6.45) is -2.19. The summed E-state index contributed by atoms with van der Waals surface area (Å²) in [6.45, 7) is 0. The minimum Gasteiger partial charge on any atom is -0.495 e. The number of benzene rings is 2. The number of ether oxygens (including phenoxy) is 1. The minimum atomic E-state index is -4.71. The van der Waals surface area contributed by atoms with Gasteiger partial charge in [-0.3, -0.25) is 4.72 Å². The lowest BCUT2D eigenvalue weighted by Crippen LogP contribution is -2.16. The Labute approximate surface area is 168 Å². The lowest BCUT2D eigenvalue weighted by atomic mass is 10.0. The Hall–Kier alpha value is -3.47. The molecule has 158 valence electrons. The van der Waals surface area contributed by atoms with Gasteiger partial charge in [-0.1, -0.05) is 6.07 Å². The zero-order chi connectivity index (χ0) is 22.1. The highest BCUT2D eigenvalue weighted by Crippen LogP contribution is 2.37. The first-order chi connectivity index (χ1) is 14.0. The van der Waals surface area contributed by atoms with E-state index in [0.29, 0.717) is 11.6 Å². The molecule has 2 aromatic carbocycles. The molecule has 0 atom stereocenters. The lowest BCUT2D eigenvalue weighted by Gasteiger charge is -2.16. The molecule has 1 aromatic heterocycles. The minimum absolute atomic E-state index is 0.133. The van der Waals surface area contributed by atoms with Crippen molar-refractivity contribution < 1.29 is 40.6 Å². The maximum atomic E-state index is 13.2. The zero-order valence-corrected chi connectivity index (χ0v) is 16.0.